The van der Waals surface area contributed by atoms with Gasteiger partial charge in [-0.1, -0.05) is 43.1 Å². The summed E-state index contributed by atoms with van der Waals surface area (Å²) < 4.78 is 5.48. The summed E-state index contributed by atoms with van der Waals surface area (Å²) >= 11 is 12.2. The Morgan fingerprint density at radius 1 is 1.36 bits per heavy atom. The van der Waals surface area contributed by atoms with E-state index < -0.39 is 0 Å². The second kappa shape index (κ2) is 9.11. The topological polar surface area (TPSA) is 36.9 Å². The molecule has 0 aliphatic carbocycles. The smallest absolute Gasteiger partial charge is 0.193 e. The molecule has 0 radical (unpaired) electrons. The molecule has 1 aromatic carbocycles. The first-order valence-corrected chi connectivity index (χ1v) is 9.62. The third-order valence-electron chi connectivity index (χ3n) is 4.58. The van der Waals surface area contributed by atoms with Gasteiger partial charge in [0.05, 0.1) is 23.2 Å². The first-order valence-electron chi connectivity index (χ1n) is 8.86. The largest absolute Gasteiger partial charge is 0.381 e. The number of guanidine groups is 1. The Balaban J connectivity index is 2.08. The van der Waals surface area contributed by atoms with E-state index in [1.807, 2.05) is 18.2 Å². The highest BCUT2D eigenvalue weighted by atomic mass is 35.5. The monoisotopic (exact) mass is 385 g/mol. The first-order chi connectivity index (χ1) is 11.8. The molecule has 1 aromatic rings. The van der Waals surface area contributed by atoms with Crippen LogP contribution in [0.2, 0.25) is 10.0 Å². The molecule has 25 heavy (non-hydrogen) atoms. The van der Waals surface area contributed by atoms with Gasteiger partial charge in [0.2, 0.25) is 0 Å². The van der Waals surface area contributed by atoms with Crippen LogP contribution < -0.4 is 5.32 Å². The number of hydrogen-bond donors (Lipinski definition) is 1. The lowest BCUT2D eigenvalue weighted by molar-refractivity contribution is 0.181. The van der Waals surface area contributed by atoms with Gasteiger partial charge in [0.15, 0.2) is 5.96 Å². The number of nitrogens with one attached hydrogen (secondary N) is 1. The fourth-order valence-corrected chi connectivity index (χ4v) is 3.25. The van der Waals surface area contributed by atoms with Gasteiger partial charge in [-0.25, -0.2) is 0 Å². The quantitative estimate of drug-likeness (QED) is 0.588. The number of benzene rings is 1. The van der Waals surface area contributed by atoms with Gasteiger partial charge in [0, 0.05) is 38.1 Å². The molecule has 1 heterocycles. The molecule has 2 rings (SSSR count). The summed E-state index contributed by atoms with van der Waals surface area (Å²) in [5.74, 6) is 1.51. The van der Waals surface area contributed by atoms with Crippen molar-refractivity contribution in [3.05, 3.63) is 33.8 Å². The zero-order valence-electron chi connectivity index (χ0n) is 15.6. The van der Waals surface area contributed by atoms with Crippen molar-refractivity contribution in [2.75, 3.05) is 39.9 Å². The number of hydrogen-bond acceptors (Lipinski definition) is 2. The van der Waals surface area contributed by atoms with Crippen molar-refractivity contribution in [1.82, 2.24) is 10.2 Å². The summed E-state index contributed by atoms with van der Waals surface area (Å²) in [5.41, 5.74) is 1.000. The Hall–Kier alpha value is -0.970. The lowest BCUT2D eigenvalue weighted by Gasteiger charge is -2.28. The molecule has 0 saturated carbocycles. The third kappa shape index (κ3) is 5.77. The molecule has 1 saturated heterocycles. The SMILES string of the molecule is CCNC(=NCC(C)(C)c1ccc(Cl)c(Cl)c1)N(C)CC1CCOC1. The zero-order chi connectivity index (χ0) is 18.4. The molecule has 1 atom stereocenters. The average Bonchev–Trinajstić information content (AvgIpc) is 3.06. The molecule has 1 unspecified atom stereocenters. The maximum absolute atomic E-state index is 6.18. The number of nitrogens with zero attached hydrogens (tertiary/aromatic N) is 2. The van der Waals surface area contributed by atoms with Gasteiger partial charge >= 0.3 is 0 Å². The van der Waals surface area contributed by atoms with Gasteiger partial charge in [0.25, 0.3) is 0 Å². The van der Waals surface area contributed by atoms with Crippen molar-refractivity contribution in [2.45, 2.75) is 32.6 Å². The molecular formula is C19H29Cl2N3O. The van der Waals surface area contributed by atoms with E-state index in [-0.39, 0.29) is 5.41 Å². The highest BCUT2D eigenvalue weighted by Gasteiger charge is 2.23. The van der Waals surface area contributed by atoms with Crippen LogP contribution in [0, 0.1) is 5.92 Å². The third-order valence-corrected chi connectivity index (χ3v) is 5.32. The van der Waals surface area contributed by atoms with Crippen LogP contribution >= 0.6 is 23.2 Å². The predicted octanol–water partition coefficient (Wildman–Crippen LogP) is 4.20. The maximum atomic E-state index is 6.18. The number of rotatable bonds is 6. The summed E-state index contributed by atoms with van der Waals surface area (Å²) in [4.78, 5) is 7.07. The van der Waals surface area contributed by atoms with Gasteiger partial charge in [-0.15, -0.1) is 0 Å². The summed E-state index contributed by atoms with van der Waals surface area (Å²) in [5, 5.41) is 4.55. The molecular weight excluding hydrogens is 357 g/mol. The molecule has 1 N–H and O–H groups in total. The molecule has 0 aromatic heterocycles. The Labute approximate surface area is 161 Å². The number of halogens is 2. The molecule has 1 aliphatic rings. The van der Waals surface area contributed by atoms with Crippen molar-refractivity contribution >= 4 is 29.2 Å². The van der Waals surface area contributed by atoms with E-state index in [1.54, 1.807) is 0 Å². The second-order valence-corrected chi connectivity index (χ2v) is 8.11. The second-order valence-electron chi connectivity index (χ2n) is 7.29. The van der Waals surface area contributed by atoms with Crippen LogP contribution in [-0.2, 0) is 10.2 Å². The normalized spacial score (nSPS) is 18.5. The minimum Gasteiger partial charge on any atom is -0.381 e. The lowest BCUT2D eigenvalue weighted by atomic mass is 9.85. The minimum atomic E-state index is -0.133. The van der Waals surface area contributed by atoms with Crippen molar-refractivity contribution in [3.8, 4) is 0 Å². The summed E-state index contributed by atoms with van der Waals surface area (Å²) in [6.07, 6.45) is 1.12. The van der Waals surface area contributed by atoms with Crippen LogP contribution in [0.1, 0.15) is 32.8 Å². The number of aliphatic imine (C=N–C) groups is 1. The van der Waals surface area contributed by atoms with Crippen molar-refractivity contribution in [3.63, 3.8) is 0 Å². The summed E-state index contributed by atoms with van der Waals surface area (Å²) in [6.45, 7) is 10.6. The van der Waals surface area contributed by atoms with E-state index in [0.717, 1.165) is 44.2 Å². The Kier molecular flexibility index (Phi) is 7.41. The molecule has 6 heteroatoms. The zero-order valence-corrected chi connectivity index (χ0v) is 17.1. The Bertz CT molecular complexity index is 598. The van der Waals surface area contributed by atoms with E-state index in [9.17, 15) is 0 Å². The molecule has 0 spiro atoms. The van der Waals surface area contributed by atoms with Crippen molar-refractivity contribution in [2.24, 2.45) is 10.9 Å². The molecule has 1 fully saturated rings. The molecule has 0 amide bonds. The minimum absolute atomic E-state index is 0.133. The summed E-state index contributed by atoms with van der Waals surface area (Å²) in [7, 11) is 2.09. The summed E-state index contributed by atoms with van der Waals surface area (Å²) in [6, 6.07) is 5.81. The van der Waals surface area contributed by atoms with E-state index >= 15 is 0 Å². The van der Waals surface area contributed by atoms with Gasteiger partial charge < -0.3 is 15.0 Å². The molecule has 140 valence electrons. The van der Waals surface area contributed by atoms with Crippen LogP contribution in [0.4, 0.5) is 0 Å². The van der Waals surface area contributed by atoms with Crippen LogP contribution in [0.3, 0.4) is 0 Å². The molecule has 1 aliphatic heterocycles. The van der Waals surface area contributed by atoms with Crippen LogP contribution in [0.25, 0.3) is 0 Å². The van der Waals surface area contributed by atoms with Gasteiger partial charge in [0.1, 0.15) is 0 Å². The highest BCUT2D eigenvalue weighted by Crippen LogP contribution is 2.30. The Morgan fingerprint density at radius 3 is 2.72 bits per heavy atom. The molecule has 0 bridgehead atoms. The van der Waals surface area contributed by atoms with Gasteiger partial charge in [-0.05, 0) is 31.0 Å². The van der Waals surface area contributed by atoms with Crippen LogP contribution in [0.5, 0.6) is 0 Å². The highest BCUT2D eigenvalue weighted by molar-refractivity contribution is 6.42. The van der Waals surface area contributed by atoms with E-state index in [0.29, 0.717) is 22.5 Å². The lowest BCUT2D eigenvalue weighted by Crippen LogP contribution is -2.42. The Morgan fingerprint density at radius 2 is 2.12 bits per heavy atom. The van der Waals surface area contributed by atoms with E-state index in [1.165, 1.54) is 0 Å². The maximum Gasteiger partial charge on any atom is 0.193 e. The number of ether oxygens (including phenoxy) is 1. The van der Waals surface area contributed by atoms with Crippen molar-refractivity contribution < 1.29 is 4.74 Å². The first kappa shape index (κ1) is 20.3. The van der Waals surface area contributed by atoms with E-state index in [4.69, 9.17) is 32.9 Å². The van der Waals surface area contributed by atoms with Gasteiger partial charge in [-0.3, -0.25) is 4.99 Å². The fourth-order valence-electron chi connectivity index (χ4n) is 2.95. The standard InChI is InChI=1S/C19H29Cl2N3O/c1-5-22-18(24(4)11-14-8-9-25-12-14)23-13-19(2,3)15-6-7-16(20)17(21)10-15/h6-7,10,14H,5,8-9,11-13H2,1-4H3,(H,22,23). The average molecular weight is 386 g/mol. The van der Waals surface area contributed by atoms with Gasteiger partial charge in [-0.2, -0.15) is 0 Å². The van der Waals surface area contributed by atoms with Crippen molar-refractivity contribution in [1.29, 1.82) is 0 Å². The van der Waals surface area contributed by atoms with Crippen LogP contribution in [-0.4, -0.2) is 50.8 Å². The molecule has 4 nitrogen and oxygen atoms in total. The fraction of sp³-hybridized carbons (Fsp3) is 0.632. The van der Waals surface area contributed by atoms with Crippen LogP contribution in [0.15, 0.2) is 23.2 Å². The predicted molar refractivity (Wildman–Crippen MR) is 107 cm³/mol. The van der Waals surface area contributed by atoms with E-state index in [2.05, 4.69) is 38.0 Å².